The van der Waals surface area contributed by atoms with Crippen LogP contribution in [0.1, 0.15) is 48.0 Å². The molecule has 116 valence electrons. The van der Waals surface area contributed by atoms with Gasteiger partial charge in [0, 0.05) is 24.4 Å². The maximum Gasteiger partial charge on any atom is 0.273 e. The Morgan fingerprint density at radius 3 is 2.77 bits per heavy atom. The highest BCUT2D eigenvalue weighted by atomic mass is 16.5. The molecule has 0 saturated heterocycles. The van der Waals surface area contributed by atoms with Gasteiger partial charge in [0.2, 0.25) is 0 Å². The van der Waals surface area contributed by atoms with Crippen LogP contribution in [0.3, 0.4) is 0 Å². The molecule has 2 heterocycles. The van der Waals surface area contributed by atoms with Crippen molar-refractivity contribution in [1.29, 1.82) is 0 Å². The van der Waals surface area contributed by atoms with Gasteiger partial charge in [-0.3, -0.25) is 9.59 Å². The van der Waals surface area contributed by atoms with E-state index in [9.17, 15) is 9.59 Å². The highest BCUT2D eigenvalue weighted by Gasteiger charge is 2.25. The van der Waals surface area contributed by atoms with Gasteiger partial charge >= 0.3 is 0 Å². The zero-order valence-electron chi connectivity index (χ0n) is 12.4. The van der Waals surface area contributed by atoms with Gasteiger partial charge in [0.25, 0.3) is 11.5 Å². The van der Waals surface area contributed by atoms with E-state index in [1.807, 2.05) is 0 Å². The Hall–Kier alpha value is -2.44. The highest BCUT2D eigenvalue weighted by Crippen LogP contribution is 2.26. The average molecular weight is 302 g/mol. The molecule has 22 heavy (non-hydrogen) atoms. The van der Waals surface area contributed by atoms with Gasteiger partial charge in [-0.2, -0.15) is 5.10 Å². The minimum absolute atomic E-state index is 0.0759. The second kappa shape index (κ2) is 6.13. The first-order valence-corrected chi connectivity index (χ1v) is 7.41. The second-order valence-electron chi connectivity index (χ2n) is 5.61. The van der Waals surface area contributed by atoms with E-state index < -0.39 is 0 Å². The van der Waals surface area contributed by atoms with Gasteiger partial charge in [-0.25, -0.2) is 4.68 Å². The van der Waals surface area contributed by atoms with Gasteiger partial charge in [-0.05, 0) is 38.7 Å². The molecular weight excluding hydrogens is 284 g/mol. The van der Waals surface area contributed by atoms with E-state index in [0.717, 1.165) is 25.7 Å². The van der Waals surface area contributed by atoms with E-state index in [4.69, 9.17) is 4.52 Å². The number of aryl methyl sites for hydroxylation is 1. The Morgan fingerprint density at radius 1 is 1.36 bits per heavy atom. The van der Waals surface area contributed by atoms with E-state index in [2.05, 4.69) is 15.6 Å². The molecule has 0 radical (unpaired) electrons. The Kier molecular flexibility index (Phi) is 4.04. The smallest absolute Gasteiger partial charge is 0.273 e. The maximum absolute atomic E-state index is 12.0. The minimum atomic E-state index is -0.213. The van der Waals surface area contributed by atoms with E-state index in [1.165, 1.54) is 6.07 Å². The predicted molar refractivity (Wildman–Crippen MR) is 78.5 cm³/mol. The Morgan fingerprint density at radius 2 is 2.14 bits per heavy atom. The first-order chi connectivity index (χ1) is 10.6. The summed E-state index contributed by atoms with van der Waals surface area (Å²) >= 11 is 0. The molecule has 7 heteroatoms. The van der Waals surface area contributed by atoms with Crippen LogP contribution < -0.4 is 10.9 Å². The molecule has 2 aromatic heterocycles. The van der Waals surface area contributed by atoms with Crippen LogP contribution in [0, 0.1) is 6.92 Å². The van der Waals surface area contributed by atoms with Crippen LogP contribution in [0.4, 0.5) is 0 Å². The number of hydrogen-bond donors (Lipinski definition) is 1. The van der Waals surface area contributed by atoms with E-state index in [0.29, 0.717) is 11.5 Å². The van der Waals surface area contributed by atoms with Crippen molar-refractivity contribution in [3.8, 4) is 0 Å². The van der Waals surface area contributed by atoms with Crippen molar-refractivity contribution in [3.63, 3.8) is 0 Å². The van der Waals surface area contributed by atoms with Gasteiger partial charge in [0.15, 0.2) is 5.69 Å². The number of hydrogen-bond acceptors (Lipinski definition) is 5. The van der Waals surface area contributed by atoms with Crippen LogP contribution in [-0.2, 0) is 0 Å². The molecular formula is C15H18N4O3. The molecule has 7 nitrogen and oxygen atoms in total. The standard InChI is InChI=1S/C15H18N4O3/c1-10-9-13(18-22-10)15(21)17-11-4-6-12(7-5-11)19-14(20)3-2-8-16-19/h2-3,8-9,11-12H,4-7H2,1H3,(H,17,21). The van der Waals surface area contributed by atoms with Crippen molar-refractivity contribution in [1.82, 2.24) is 20.3 Å². The number of nitrogens with zero attached hydrogens (tertiary/aromatic N) is 3. The van der Waals surface area contributed by atoms with Crippen molar-refractivity contribution in [2.45, 2.75) is 44.7 Å². The summed E-state index contributed by atoms with van der Waals surface area (Å²) in [7, 11) is 0. The molecule has 0 aromatic carbocycles. The summed E-state index contributed by atoms with van der Waals surface area (Å²) in [5.41, 5.74) is 0.230. The summed E-state index contributed by atoms with van der Waals surface area (Å²) in [5, 5.41) is 10.8. The van der Waals surface area contributed by atoms with Crippen molar-refractivity contribution in [2.75, 3.05) is 0 Å². The van der Waals surface area contributed by atoms with E-state index >= 15 is 0 Å². The van der Waals surface area contributed by atoms with Crippen molar-refractivity contribution in [2.24, 2.45) is 0 Å². The lowest BCUT2D eigenvalue weighted by atomic mass is 9.91. The third kappa shape index (κ3) is 3.08. The third-order valence-corrected chi connectivity index (χ3v) is 3.98. The number of carbonyl (C=O) groups excluding carboxylic acids is 1. The summed E-state index contributed by atoms with van der Waals surface area (Å²) in [5.74, 6) is 0.402. The molecule has 0 aliphatic heterocycles. The molecule has 0 bridgehead atoms. The number of aromatic nitrogens is 3. The van der Waals surface area contributed by atoms with Gasteiger partial charge in [-0.1, -0.05) is 5.16 Å². The number of rotatable bonds is 3. The SMILES string of the molecule is Cc1cc(C(=O)NC2CCC(n3ncccc3=O)CC2)no1. The fourth-order valence-corrected chi connectivity index (χ4v) is 2.84. The van der Waals surface area contributed by atoms with Crippen LogP contribution in [0.15, 0.2) is 33.7 Å². The second-order valence-corrected chi connectivity index (χ2v) is 5.61. The predicted octanol–water partition coefficient (Wildman–Crippen LogP) is 1.45. The fraction of sp³-hybridized carbons (Fsp3) is 0.467. The zero-order chi connectivity index (χ0) is 15.5. The van der Waals surface area contributed by atoms with Crippen molar-refractivity contribution in [3.05, 3.63) is 46.2 Å². The Labute approximate surface area is 127 Å². The first-order valence-electron chi connectivity index (χ1n) is 7.41. The monoisotopic (exact) mass is 302 g/mol. The zero-order valence-corrected chi connectivity index (χ0v) is 12.4. The maximum atomic E-state index is 12.0. The lowest BCUT2D eigenvalue weighted by Gasteiger charge is -2.29. The molecule has 0 spiro atoms. The molecule has 2 aromatic rings. The quantitative estimate of drug-likeness (QED) is 0.927. The van der Waals surface area contributed by atoms with Gasteiger partial charge in [0.05, 0.1) is 6.04 Å². The molecule has 1 N–H and O–H groups in total. The van der Waals surface area contributed by atoms with Gasteiger partial charge in [0.1, 0.15) is 5.76 Å². The molecule has 1 saturated carbocycles. The molecule has 1 aliphatic rings. The minimum Gasteiger partial charge on any atom is -0.361 e. The van der Waals surface area contributed by atoms with Gasteiger partial charge < -0.3 is 9.84 Å². The van der Waals surface area contributed by atoms with Crippen LogP contribution in [-0.4, -0.2) is 26.9 Å². The third-order valence-electron chi connectivity index (χ3n) is 3.98. The van der Waals surface area contributed by atoms with Crippen LogP contribution >= 0.6 is 0 Å². The molecule has 0 atom stereocenters. The molecule has 1 fully saturated rings. The summed E-state index contributed by atoms with van der Waals surface area (Å²) in [4.78, 5) is 23.8. The fourth-order valence-electron chi connectivity index (χ4n) is 2.84. The van der Waals surface area contributed by atoms with E-state index in [-0.39, 0.29) is 23.6 Å². The number of nitrogens with one attached hydrogen (secondary N) is 1. The highest BCUT2D eigenvalue weighted by molar-refractivity contribution is 5.92. The van der Waals surface area contributed by atoms with Crippen molar-refractivity contribution >= 4 is 5.91 Å². The summed E-state index contributed by atoms with van der Waals surface area (Å²) < 4.78 is 6.45. The molecule has 1 aliphatic carbocycles. The Bertz CT molecular complexity index is 713. The molecule has 3 rings (SSSR count). The topological polar surface area (TPSA) is 90.0 Å². The summed E-state index contributed by atoms with van der Waals surface area (Å²) in [6, 6.07) is 4.99. The molecule has 0 unspecified atom stereocenters. The lowest BCUT2D eigenvalue weighted by Crippen LogP contribution is -2.39. The normalized spacial score (nSPS) is 21.5. The van der Waals surface area contributed by atoms with Gasteiger partial charge in [-0.15, -0.1) is 0 Å². The van der Waals surface area contributed by atoms with E-state index in [1.54, 1.807) is 29.9 Å². The summed E-state index contributed by atoms with van der Waals surface area (Å²) in [6.07, 6.45) is 4.90. The molecule has 1 amide bonds. The van der Waals surface area contributed by atoms with Crippen LogP contribution in [0.2, 0.25) is 0 Å². The largest absolute Gasteiger partial charge is 0.361 e. The van der Waals surface area contributed by atoms with Crippen molar-refractivity contribution < 1.29 is 9.32 Å². The number of carbonyl (C=O) groups is 1. The summed E-state index contributed by atoms with van der Waals surface area (Å²) in [6.45, 7) is 1.75. The first kappa shape index (κ1) is 14.5. The lowest BCUT2D eigenvalue weighted by molar-refractivity contribution is 0.0912. The average Bonchev–Trinajstić information content (AvgIpc) is 2.95. The van der Waals surface area contributed by atoms with Crippen LogP contribution in [0.5, 0.6) is 0 Å². The van der Waals surface area contributed by atoms with Crippen LogP contribution in [0.25, 0.3) is 0 Å². The Balaban J connectivity index is 1.57. The number of amides is 1.